The third-order valence-corrected chi connectivity index (χ3v) is 6.07. The van der Waals surface area contributed by atoms with Crippen LogP contribution in [-0.2, 0) is 14.3 Å². The zero-order valence-electron chi connectivity index (χ0n) is 19.6. The Balaban J connectivity index is 1.67. The Hall–Kier alpha value is -3.35. The second kappa shape index (κ2) is 9.25. The molecule has 7 nitrogen and oxygen atoms in total. The van der Waals surface area contributed by atoms with Crippen molar-refractivity contribution < 1.29 is 19.1 Å². The molecule has 2 aromatic rings. The average molecular weight is 450 g/mol. The lowest BCUT2D eigenvalue weighted by molar-refractivity contribution is -0.118. The summed E-state index contributed by atoms with van der Waals surface area (Å²) in [5, 5.41) is 5.97. The summed E-state index contributed by atoms with van der Waals surface area (Å²) in [4.78, 5) is 38.7. The first kappa shape index (κ1) is 22.8. The highest BCUT2D eigenvalue weighted by atomic mass is 16.6. The lowest BCUT2D eigenvalue weighted by Crippen LogP contribution is -2.45. The van der Waals surface area contributed by atoms with Gasteiger partial charge in [0.15, 0.2) is 0 Å². The first-order valence-electron chi connectivity index (χ1n) is 11.5. The second-order valence-corrected chi connectivity index (χ2v) is 9.24. The van der Waals surface area contributed by atoms with Crippen LogP contribution in [0.1, 0.15) is 58.6 Å². The molecule has 1 heterocycles. The number of nitrogens with one attached hydrogen (secondary N) is 2. The Kier molecular flexibility index (Phi) is 6.40. The fourth-order valence-corrected chi connectivity index (χ4v) is 4.42. The number of benzene rings is 2. The number of amides is 3. The molecule has 2 atom stereocenters. The zero-order chi connectivity index (χ0) is 23.7. The fraction of sp³-hybridized carbons (Fsp3) is 0.423. The van der Waals surface area contributed by atoms with Crippen LogP contribution in [0.25, 0.3) is 11.1 Å². The monoisotopic (exact) mass is 449 g/mol. The van der Waals surface area contributed by atoms with E-state index in [0.717, 1.165) is 40.9 Å². The van der Waals surface area contributed by atoms with E-state index in [2.05, 4.69) is 10.6 Å². The summed E-state index contributed by atoms with van der Waals surface area (Å²) in [5.41, 5.74) is 4.31. The van der Waals surface area contributed by atoms with Crippen molar-refractivity contribution in [2.45, 2.75) is 65.1 Å². The van der Waals surface area contributed by atoms with Gasteiger partial charge in [0.05, 0.1) is 12.1 Å². The van der Waals surface area contributed by atoms with E-state index in [-0.39, 0.29) is 35.9 Å². The SMILES string of the molecule is CC(=O)N1c2ccc(-c3cccc(NC(=O)C4CC4)c3)cc2[C@H](NC(=O)OC(C)C)C[C@@H]1C. The molecule has 7 heteroatoms. The smallest absolute Gasteiger partial charge is 0.407 e. The van der Waals surface area contributed by atoms with Gasteiger partial charge in [0.25, 0.3) is 0 Å². The number of fused-ring (bicyclic) bond motifs is 1. The van der Waals surface area contributed by atoms with Crippen LogP contribution in [0.2, 0.25) is 0 Å². The van der Waals surface area contributed by atoms with Gasteiger partial charge in [-0.1, -0.05) is 18.2 Å². The first-order valence-corrected chi connectivity index (χ1v) is 11.5. The Morgan fingerprint density at radius 3 is 2.45 bits per heavy atom. The predicted octanol–water partition coefficient (Wildman–Crippen LogP) is 5.02. The standard InChI is InChI=1S/C26H31N3O4/c1-15(2)33-26(32)28-23-12-16(3)29(17(4)30)24-11-10-20(14-22(23)24)19-6-5-7-21(13-19)27-25(31)18-8-9-18/h5-7,10-11,13-16,18,23H,8-9,12H2,1-4H3,(H,27,31)(H,28,32)/t16-,23+/m0/s1. The number of hydrogen-bond acceptors (Lipinski definition) is 4. The van der Waals surface area contributed by atoms with Crippen LogP contribution in [0.4, 0.5) is 16.2 Å². The van der Waals surface area contributed by atoms with Crippen molar-refractivity contribution in [3.63, 3.8) is 0 Å². The molecule has 4 rings (SSSR count). The Bertz CT molecular complexity index is 1080. The molecule has 0 saturated heterocycles. The molecule has 1 aliphatic carbocycles. The van der Waals surface area contributed by atoms with Crippen molar-refractivity contribution in [2.24, 2.45) is 5.92 Å². The number of hydrogen-bond donors (Lipinski definition) is 2. The summed E-state index contributed by atoms with van der Waals surface area (Å²) in [6.07, 6.45) is 1.80. The summed E-state index contributed by atoms with van der Waals surface area (Å²) in [7, 11) is 0. The highest BCUT2D eigenvalue weighted by Crippen LogP contribution is 2.40. The third-order valence-electron chi connectivity index (χ3n) is 6.07. The summed E-state index contributed by atoms with van der Waals surface area (Å²) >= 11 is 0. The lowest BCUT2D eigenvalue weighted by atomic mass is 9.89. The van der Waals surface area contributed by atoms with Crippen molar-refractivity contribution in [2.75, 3.05) is 10.2 Å². The molecule has 1 saturated carbocycles. The second-order valence-electron chi connectivity index (χ2n) is 9.24. The molecular formula is C26H31N3O4. The van der Waals surface area contributed by atoms with E-state index in [9.17, 15) is 14.4 Å². The third kappa shape index (κ3) is 5.18. The maximum Gasteiger partial charge on any atom is 0.407 e. The largest absolute Gasteiger partial charge is 0.447 e. The number of carbonyl (C=O) groups is 3. The number of ether oxygens (including phenoxy) is 1. The number of anilines is 2. The van der Waals surface area contributed by atoms with Gasteiger partial charge in [-0.15, -0.1) is 0 Å². The Labute approximate surface area is 194 Å². The van der Waals surface area contributed by atoms with Crippen LogP contribution in [-0.4, -0.2) is 30.1 Å². The molecule has 3 amide bonds. The molecule has 0 bridgehead atoms. The van der Waals surface area contributed by atoms with Gasteiger partial charge in [0, 0.05) is 30.3 Å². The molecule has 1 fully saturated rings. The van der Waals surface area contributed by atoms with Crippen molar-refractivity contribution in [1.29, 1.82) is 0 Å². The van der Waals surface area contributed by atoms with E-state index >= 15 is 0 Å². The van der Waals surface area contributed by atoms with E-state index in [1.165, 1.54) is 0 Å². The van der Waals surface area contributed by atoms with E-state index in [1.807, 2.05) is 63.2 Å². The maximum absolute atomic E-state index is 12.4. The lowest BCUT2D eigenvalue weighted by Gasteiger charge is -2.39. The average Bonchev–Trinajstić information content (AvgIpc) is 3.58. The van der Waals surface area contributed by atoms with Crippen LogP contribution in [0.3, 0.4) is 0 Å². The van der Waals surface area contributed by atoms with Crippen LogP contribution in [0.15, 0.2) is 42.5 Å². The quantitative estimate of drug-likeness (QED) is 0.671. The van der Waals surface area contributed by atoms with Gasteiger partial charge in [-0.2, -0.15) is 0 Å². The van der Waals surface area contributed by atoms with E-state index in [1.54, 1.807) is 11.8 Å². The Morgan fingerprint density at radius 2 is 1.79 bits per heavy atom. The van der Waals surface area contributed by atoms with Crippen LogP contribution in [0.5, 0.6) is 0 Å². The topological polar surface area (TPSA) is 87.7 Å². The van der Waals surface area contributed by atoms with Crippen molar-refractivity contribution in [3.05, 3.63) is 48.0 Å². The molecule has 0 unspecified atom stereocenters. The molecule has 0 aromatic heterocycles. The molecule has 1 aliphatic heterocycles. The summed E-state index contributed by atoms with van der Waals surface area (Å²) in [6.45, 7) is 7.15. The van der Waals surface area contributed by atoms with E-state index in [4.69, 9.17) is 4.74 Å². The number of rotatable bonds is 5. The molecule has 0 radical (unpaired) electrons. The first-order chi connectivity index (χ1) is 15.7. The highest BCUT2D eigenvalue weighted by molar-refractivity contribution is 5.95. The summed E-state index contributed by atoms with van der Waals surface area (Å²) in [6, 6.07) is 13.3. The summed E-state index contributed by atoms with van der Waals surface area (Å²) < 4.78 is 5.30. The van der Waals surface area contributed by atoms with Crippen LogP contribution < -0.4 is 15.5 Å². The molecule has 2 aliphatic rings. The van der Waals surface area contributed by atoms with Gasteiger partial charge >= 0.3 is 6.09 Å². The Morgan fingerprint density at radius 1 is 1.06 bits per heavy atom. The number of nitrogens with zero attached hydrogens (tertiary/aromatic N) is 1. The number of alkyl carbamates (subject to hydrolysis) is 1. The molecule has 33 heavy (non-hydrogen) atoms. The minimum atomic E-state index is -0.473. The molecule has 2 N–H and O–H groups in total. The molecule has 0 spiro atoms. The zero-order valence-corrected chi connectivity index (χ0v) is 19.6. The van der Waals surface area contributed by atoms with Gasteiger partial charge in [-0.25, -0.2) is 4.79 Å². The summed E-state index contributed by atoms with van der Waals surface area (Å²) in [5.74, 6) is 0.162. The number of carbonyl (C=O) groups excluding carboxylic acids is 3. The van der Waals surface area contributed by atoms with Crippen molar-refractivity contribution in [1.82, 2.24) is 5.32 Å². The molecule has 2 aromatic carbocycles. The van der Waals surface area contributed by atoms with Crippen LogP contribution in [0, 0.1) is 5.92 Å². The normalized spacial score (nSPS) is 19.6. The van der Waals surface area contributed by atoms with Gasteiger partial charge in [-0.3, -0.25) is 9.59 Å². The van der Waals surface area contributed by atoms with E-state index < -0.39 is 6.09 Å². The maximum atomic E-state index is 12.4. The van der Waals surface area contributed by atoms with Gasteiger partial charge in [-0.05, 0) is 81.0 Å². The predicted molar refractivity (Wildman–Crippen MR) is 128 cm³/mol. The van der Waals surface area contributed by atoms with E-state index in [0.29, 0.717) is 6.42 Å². The molecular weight excluding hydrogens is 418 g/mol. The van der Waals surface area contributed by atoms with Gasteiger partial charge in [0.2, 0.25) is 11.8 Å². The molecule has 174 valence electrons. The van der Waals surface area contributed by atoms with Gasteiger partial charge in [0.1, 0.15) is 0 Å². The van der Waals surface area contributed by atoms with Gasteiger partial charge < -0.3 is 20.3 Å². The van der Waals surface area contributed by atoms with Crippen molar-refractivity contribution >= 4 is 29.3 Å². The fourth-order valence-electron chi connectivity index (χ4n) is 4.42. The minimum absolute atomic E-state index is 0.0375. The minimum Gasteiger partial charge on any atom is -0.447 e. The van der Waals surface area contributed by atoms with Crippen molar-refractivity contribution in [3.8, 4) is 11.1 Å². The highest BCUT2D eigenvalue weighted by Gasteiger charge is 2.34. The van der Waals surface area contributed by atoms with Crippen LogP contribution >= 0.6 is 0 Å².